The predicted octanol–water partition coefficient (Wildman–Crippen LogP) is 5.22. The van der Waals surface area contributed by atoms with Crippen LogP contribution in [0.15, 0.2) is 36.4 Å². The van der Waals surface area contributed by atoms with Crippen molar-refractivity contribution in [3.05, 3.63) is 58.7 Å². The molecule has 118 valence electrons. The van der Waals surface area contributed by atoms with Gasteiger partial charge in [-0.15, -0.1) is 0 Å². The highest BCUT2D eigenvalue weighted by molar-refractivity contribution is 5.52. The molecule has 0 spiro atoms. The van der Waals surface area contributed by atoms with E-state index in [-0.39, 0.29) is 6.10 Å². The van der Waals surface area contributed by atoms with Gasteiger partial charge < -0.3 is 10.5 Å². The van der Waals surface area contributed by atoms with Crippen LogP contribution < -0.4 is 10.5 Å². The molecule has 2 aromatic carbocycles. The van der Waals surface area contributed by atoms with Crippen LogP contribution in [0.5, 0.6) is 5.75 Å². The summed E-state index contributed by atoms with van der Waals surface area (Å²) in [6.07, 6.45) is 1.14. The minimum Gasteiger partial charge on any atom is -0.485 e. The van der Waals surface area contributed by atoms with E-state index in [0.717, 1.165) is 29.0 Å². The first-order valence-electron chi connectivity index (χ1n) is 7.99. The first-order chi connectivity index (χ1) is 10.4. The normalized spacial score (nSPS) is 12.5. The zero-order valence-corrected chi connectivity index (χ0v) is 14.3. The summed E-state index contributed by atoms with van der Waals surface area (Å²) in [5.74, 6) is 1.62. The van der Waals surface area contributed by atoms with Gasteiger partial charge in [0.15, 0.2) is 0 Å². The Labute approximate surface area is 134 Å². The van der Waals surface area contributed by atoms with Gasteiger partial charge in [0.05, 0.1) is 0 Å². The molecule has 0 heterocycles. The largest absolute Gasteiger partial charge is 0.485 e. The molecule has 0 amide bonds. The van der Waals surface area contributed by atoms with E-state index < -0.39 is 0 Å². The molecule has 0 radical (unpaired) electrons. The second kappa shape index (κ2) is 6.87. The predicted molar refractivity (Wildman–Crippen MR) is 94.4 cm³/mol. The summed E-state index contributed by atoms with van der Waals surface area (Å²) >= 11 is 0. The second-order valence-corrected chi connectivity index (χ2v) is 6.58. The molecule has 1 unspecified atom stereocenters. The van der Waals surface area contributed by atoms with E-state index in [1.165, 1.54) is 11.1 Å². The van der Waals surface area contributed by atoms with E-state index in [1.807, 2.05) is 26.0 Å². The van der Waals surface area contributed by atoms with Crippen molar-refractivity contribution in [2.75, 3.05) is 5.73 Å². The van der Waals surface area contributed by atoms with E-state index in [9.17, 15) is 0 Å². The van der Waals surface area contributed by atoms with Gasteiger partial charge in [0, 0.05) is 5.69 Å². The maximum absolute atomic E-state index is 6.18. The Bertz CT molecular complexity index is 606. The Morgan fingerprint density at radius 2 is 1.50 bits per heavy atom. The average Bonchev–Trinajstić information content (AvgIpc) is 2.42. The summed E-state index contributed by atoms with van der Waals surface area (Å²) in [6, 6.07) is 12.7. The molecule has 0 fully saturated rings. The minimum absolute atomic E-state index is 0.0223. The minimum atomic E-state index is 0.0223. The van der Waals surface area contributed by atoms with Gasteiger partial charge in [0.25, 0.3) is 0 Å². The third-order valence-corrected chi connectivity index (χ3v) is 3.87. The van der Waals surface area contributed by atoms with Crippen LogP contribution in [-0.4, -0.2) is 0 Å². The number of nitrogens with two attached hydrogens (primary N) is 1. The van der Waals surface area contributed by atoms with Crippen LogP contribution >= 0.6 is 0 Å². The number of benzene rings is 2. The highest BCUT2D eigenvalue weighted by Crippen LogP contribution is 2.30. The van der Waals surface area contributed by atoms with E-state index in [1.54, 1.807) is 0 Å². The Morgan fingerprint density at radius 1 is 0.955 bits per heavy atom. The standard InChI is InChI=1S/C20H27NO/c1-13(2)10-17-6-8-18(9-7-17)16(5)22-20-14(3)11-19(21)12-15(20)4/h6-9,11-13,16H,10,21H2,1-5H3. The van der Waals surface area contributed by atoms with E-state index >= 15 is 0 Å². The summed E-state index contributed by atoms with van der Waals surface area (Å²) < 4.78 is 6.18. The molecule has 2 aromatic rings. The van der Waals surface area contributed by atoms with Crippen molar-refractivity contribution in [1.82, 2.24) is 0 Å². The highest BCUT2D eigenvalue weighted by atomic mass is 16.5. The monoisotopic (exact) mass is 297 g/mol. The van der Waals surface area contributed by atoms with Gasteiger partial charge in [0.1, 0.15) is 11.9 Å². The molecule has 0 bridgehead atoms. The average molecular weight is 297 g/mol. The zero-order valence-electron chi connectivity index (χ0n) is 14.3. The van der Waals surface area contributed by atoms with Crippen LogP contribution in [0.3, 0.4) is 0 Å². The molecule has 0 aliphatic heterocycles. The van der Waals surface area contributed by atoms with Crippen LogP contribution in [0.1, 0.15) is 49.1 Å². The molecule has 22 heavy (non-hydrogen) atoms. The lowest BCUT2D eigenvalue weighted by molar-refractivity contribution is 0.224. The third-order valence-electron chi connectivity index (χ3n) is 3.87. The molecule has 2 N–H and O–H groups in total. The fraction of sp³-hybridized carbons (Fsp3) is 0.400. The number of hydrogen-bond donors (Lipinski definition) is 1. The van der Waals surface area contributed by atoms with Gasteiger partial charge in [-0.3, -0.25) is 0 Å². The molecule has 0 aliphatic carbocycles. The Kier molecular flexibility index (Phi) is 5.12. The van der Waals surface area contributed by atoms with Gasteiger partial charge >= 0.3 is 0 Å². The summed E-state index contributed by atoms with van der Waals surface area (Å²) in [5.41, 5.74) is 11.4. The van der Waals surface area contributed by atoms with E-state index in [2.05, 4.69) is 45.0 Å². The summed E-state index contributed by atoms with van der Waals surface area (Å²) in [5, 5.41) is 0. The van der Waals surface area contributed by atoms with Crippen LogP contribution in [0, 0.1) is 19.8 Å². The maximum Gasteiger partial charge on any atom is 0.126 e. The molecule has 2 nitrogen and oxygen atoms in total. The fourth-order valence-electron chi connectivity index (χ4n) is 2.81. The van der Waals surface area contributed by atoms with Crippen molar-refractivity contribution >= 4 is 5.69 Å². The Hall–Kier alpha value is -1.96. The van der Waals surface area contributed by atoms with Gasteiger partial charge in [0.2, 0.25) is 0 Å². The van der Waals surface area contributed by atoms with Crippen LogP contribution in [0.4, 0.5) is 5.69 Å². The SMILES string of the molecule is Cc1cc(N)cc(C)c1OC(C)c1ccc(CC(C)C)cc1. The lowest BCUT2D eigenvalue weighted by atomic mass is 10.0. The first-order valence-corrected chi connectivity index (χ1v) is 7.99. The number of hydrogen-bond acceptors (Lipinski definition) is 2. The number of ether oxygens (including phenoxy) is 1. The lowest BCUT2D eigenvalue weighted by Gasteiger charge is -2.19. The molecule has 0 saturated heterocycles. The topological polar surface area (TPSA) is 35.2 Å². The number of rotatable bonds is 5. The van der Waals surface area contributed by atoms with Crippen LogP contribution in [0.25, 0.3) is 0 Å². The summed E-state index contributed by atoms with van der Waals surface area (Å²) in [6.45, 7) is 10.7. The van der Waals surface area contributed by atoms with Crippen molar-refractivity contribution in [1.29, 1.82) is 0 Å². The van der Waals surface area contributed by atoms with Crippen molar-refractivity contribution in [3.63, 3.8) is 0 Å². The van der Waals surface area contributed by atoms with Gasteiger partial charge in [-0.1, -0.05) is 38.1 Å². The molecular weight excluding hydrogens is 270 g/mol. The molecule has 2 rings (SSSR count). The van der Waals surface area contributed by atoms with Crippen molar-refractivity contribution in [2.24, 2.45) is 5.92 Å². The quantitative estimate of drug-likeness (QED) is 0.767. The van der Waals surface area contributed by atoms with Crippen molar-refractivity contribution < 1.29 is 4.74 Å². The third kappa shape index (κ3) is 4.03. The Balaban J connectivity index is 2.14. The lowest BCUT2D eigenvalue weighted by Crippen LogP contribution is -2.06. The summed E-state index contributed by atoms with van der Waals surface area (Å²) in [7, 11) is 0. The molecule has 2 heteroatoms. The molecule has 0 saturated carbocycles. The molecular formula is C20H27NO. The number of nitrogen functional groups attached to an aromatic ring is 1. The van der Waals surface area contributed by atoms with Crippen molar-refractivity contribution in [3.8, 4) is 5.75 Å². The zero-order chi connectivity index (χ0) is 16.3. The van der Waals surface area contributed by atoms with E-state index in [4.69, 9.17) is 10.5 Å². The van der Waals surface area contributed by atoms with Gasteiger partial charge in [-0.05, 0) is 67.5 Å². The van der Waals surface area contributed by atoms with Crippen molar-refractivity contribution in [2.45, 2.75) is 47.1 Å². The first kappa shape index (κ1) is 16.4. The molecule has 0 aromatic heterocycles. The molecule has 0 aliphatic rings. The molecule has 1 atom stereocenters. The van der Waals surface area contributed by atoms with Crippen LogP contribution in [0.2, 0.25) is 0 Å². The maximum atomic E-state index is 6.18. The summed E-state index contributed by atoms with van der Waals surface area (Å²) in [4.78, 5) is 0. The smallest absolute Gasteiger partial charge is 0.126 e. The van der Waals surface area contributed by atoms with Gasteiger partial charge in [-0.2, -0.15) is 0 Å². The fourth-order valence-corrected chi connectivity index (χ4v) is 2.81. The van der Waals surface area contributed by atoms with Crippen LogP contribution in [-0.2, 0) is 6.42 Å². The number of aryl methyl sites for hydroxylation is 2. The number of anilines is 1. The second-order valence-electron chi connectivity index (χ2n) is 6.58. The van der Waals surface area contributed by atoms with Gasteiger partial charge in [-0.25, -0.2) is 0 Å². The Morgan fingerprint density at radius 3 is 2.00 bits per heavy atom. The van der Waals surface area contributed by atoms with E-state index in [0.29, 0.717) is 5.92 Å². The highest BCUT2D eigenvalue weighted by Gasteiger charge is 2.12.